The van der Waals surface area contributed by atoms with E-state index in [1.165, 1.54) is 12.8 Å². The molecule has 0 aromatic heterocycles. The molecule has 0 amide bonds. The highest BCUT2D eigenvalue weighted by molar-refractivity contribution is 8.00. The molecule has 0 atom stereocenters. The molecule has 3 N–H and O–H groups in total. The fourth-order valence-electron chi connectivity index (χ4n) is 1.51. The maximum absolute atomic E-state index is 5.84. The van der Waals surface area contributed by atoms with E-state index < -0.39 is 0 Å². The zero-order valence-corrected chi connectivity index (χ0v) is 9.23. The number of nitrogens with two attached hydrogens (primary N) is 1. The van der Waals surface area contributed by atoms with Crippen LogP contribution >= 0.6 is 11.8 Å². The number of para-hydroxylation sites is 2. The van der Waals surface area contributed by atoms with Gasteiger partial charge >= 0.3 is 0 Å². The molecule has 0 spiro atoms. The molecule has 14 heavy (non-hydrogen) atoms. The third kappa shape index (κ3) is 1.98. The van der Waals surface area contributed by atoms with Crippen molar-refractivity contribution in [2.45, 2.75) is 17.6 Å². The summed E-state index contributed by atoms with van der Waals surface area (Å²) in [5, 5.41) is 3.42. The van der Waals surface area contributed by atoms with Crippen LogP contribution in [0.15, 0.2) is 24.3 Å². The Morgan fingerprint density at radius 1 is 1.43 bits per heavy atom. The molecule has 0 bridgehead atoms. The van der Waals surface area contributed by atoms with Crippen LogP contribution in [-0.4, -0.2) is 17.5 Å². The third-order valence-electron chi connectivity index (χ3n) is 2.80. The monoisotopic (exact) mass is 208 g/mol. The van der Waals surface area contributed by atoms with E-state index in [0.29, 0.717) is 4.75 Å². The van der Waals surface area contributed by atoms with Gasteiger partial charge in [-0.25, -0.2) is 0 Å². The van der Waals surface area contributed by atoms with Crippen molar-refractivity contribution in [3.05, 3.63) is 24.3 Å². The summed E-state index contributed by atoms with van der Waals surface area (Å²) in [6.45, 7) is 1.03. The van der Waals surface area contributed by atoms with Gasteiger partial charge in [0.05, 0.1) is 11.4 Å². The zero-order chi connectivity index (χ0) is 10.0. The predicted octanol–water partition coefficient (Wildman–Crippen LogP) is 2.58. The fraction of sp³-hybridized carbons (Fsp3) is 0.455. The van der Waals surface area contributed by atoms with Gasteiger partial charge in [0, 0.05) is 11.3 Å². The Balaban J connectivity index is 1.95. The largest absolute Gasteiger partial charge is 0.397 e. The molecule has 2 rings (SSSR count). The normalized spacial score (nSPS) is 17.8. The quantitative estimate of drug-likeness (QED) is 0.747. The summed E-state index contributed by atoms with van der Waals surface area (Å²) < 4.78 is 0.488. The Morgan fingerprint density at radius 2 is 2.14 bits per heavy atom. The maximum atomic E-state index is 5.84. The predicted molar refractivity (Wildman–Crippen MR) is 64.8 cm³/mol. The van der Waals surface area contributed by atoms with Crippen molar-refractivity contribution in [1.82, 2.24) is 0 Å². The highest BCUT2D eigenvalue weighted by Crippen LogP contribution is 2.47. The van der Waals surface area contributed by atoms with Crippen LogP contribution in [0.3, 0.4) is 0 Å². The van der Waals surface area contributed by atoms with Crippen molar-refractivity contribution in [2.24, 2.45) is 0 Å². The van der Waals surface area contributed by atoms with Crippen molar-refractivity contribution in [1.29, 1.82) is 0 Å². The molecule has 1 aromatic rings. The number of hydrogen-bond acceptors (Lipinski definition) is 3. The van der Waals surface area contributed by atoms with Crippen molar-refractivity contribution in [3.63, 3.8) is 0 Å². The first-order chi connectivity index (χ1) is 6.76. The van der Waals surface area contributed by atoms with E-state index >= 15 is 0 Å². The zero-order valence-electron chi connectivity index (χ0n) is 8.42. The van der Waals surface area contributed by atoms with Crippen LogP contribution < -0.4 is 11.1 Å². The van der Waals surface area contributed by atoms with E-state index in [9.17, 15) is 0 Å². The molecule has 0 saturated heterocycles. The van der Waals surface area contributed by atoms with E-state index in [1.54, 1.807) is 0 Å². The van der Waals surface area contributed by atoms with Gasteiger partial charge in [0.15, 0.2) is 0 Å². The first kappa shape index (κ1) is 9.71. The molecule has 1 aromatic carbocycles. The summed E-state index contributed by atoms with van der Waals surface area (Å²) in [5.41, 5.74) is 7.74. The Morgan fingerprint density at radius 3 is 2.71 bits per heavy atom. The first-order valence-electron chi connectivity index (χ1n) is 4.89. The first-order valence-corrected chi connectivity index (χ1v) is 6.12. The van der Waals surface area contributed by atoms with Gasteiger partial charge in [-0.05, 0) is 31.2 Å². The Kier molecular flexibility index (Phi) is 2.59. The minimum atomic E-state index is 0.488. The molecule has 0 radical (unpaired) electrons. The number of rotatable bonds is 4. The molecular weight excluding hydrogens is 192 g/mol. The van der Waals surface area contributed by atoms with Gasteiger partial charge in [-0.1, -0.05) is 12.1 Å². The molecule has 76 valence electrons. The summed E-state index contributed by atoms with van der Waals surface area (Å²) in [7, 11) is 0. The Bertz CT molecular complexity index is 321. The molecule has 0 aliphatic heterocycles. The SMILES string of the molecule is CSC1(CNc2ccccc2N)CC1. The highest BCUT2D eigenvalue weighted by atomic mass is 32.2. The lowest BCUT2D eigenvalue weighted by atomic mass is 10.2. The second kappa shape index (κ2) is 3.73. The van der Waals surface area contributed by atoms with Crippen LogP contribution in [0.25, 0.3) is 0 Å². The van der Waals surface area contributed by atoms with Gasteiger partial charge in [0.2, 0.25) is 0 Å². The minimum absolute atomic E-state index is 0.488. The van der Waals surface area contributed by atoms with Gasteiger partial charge in [0.1, 0.15) is 0 Å². The molecule has 1 saturated carbocycles. The average Bonchev–Trinajstić information content (AvgIpc) is 2.98. The van der Waals surface area contributed by atoms with E-state index in [4.69, 9.17) is 5.73 Å². The molecule has 1 aliphatic carbocycles. The van der Waals surface area contributed by atoms with Crippen molar-refractivity contribution in [3.8, 4) is 0 Å². The summed E-state index contributed by atoms with van der Waals surface area (Å²) >= 11 is 1.96. The summed E-state index contributed by atoms with van der Waals surface area (Å²) in [6.07, 6.45) is 4.84. The molecular formula is C11H16N2S. The summed E-state index contributed by atoms with van der Waals surface area (Å²) in [6, 6.07) is 7.94. The van der Waals surface area contributed by atoms with Crippen molar-refractivity contribution >= 4 is 23.1 Å². The summed E-state index contributed by atoms with van der Waals surface area (Å²) in [5.74, 6) is 0. The number of thioether (sulfide) groups is 1. The molecule has 0 heterocycles. The van der Waals surface area contributed by atoms with E-state index in [1.807, 2.05) is 36.0 Å². The number of benzene rings is 1. The molecule has 1 fully saturated rings. The van der Waals surface area contributed by atoms with Crippen LogP contribution in [0.1, 0.15) is 12.8 Å². The van der Waals surface area contributed by atoms with Gasteiger partial charge in [-0.2, -0.15) is 11.8 Å². The van der Waals surface area contributed by atoms with Crippen molar-refractivity contribution < 1.29 is 0 Å². The van der Waals surface area contributed by atoms with Gasteiger partial charge in [-0.3, -0.25) is 0 Å². The maximum Gasteiger partial charge on any atom is 0.0574 e. The second-order valence-corrected chi connectivity index (χ2v) is 5.10. The van der Waals surface area contributed by atoms with Crippen LogP contribution in [-0.2, 0) is 0 Å². The average molecular weight is 208 g/mol. The Hall–Kier alpha value is -0.830. The second-order valence-electron chi connectivity index (χ2n) is 3.83. The van der Waals surface area contributed by atoms with Crippen LogP contribution in [0.2, 0.25) is 0 Å². The number of hydrogen-bond donors (Lipinski definition) is 2. The van der Waals surface area contributed by atoms with E-state index in [0.717, 1.165) is 17.9 Å². The van der Waals surface area contributed by atoms with E-state index in [-0.39, 0.29) is 0 Å². The molecule has 1 aliphatic rings. The molecule has 0 unspecified atom stereocenters. The fourth-order valence-corrected chi connectivity index (χ4v) is 2.23. The van der Waals surface area contributed by atoms with Crippen molar-refractivity contribution in [2.75, 3.05) is 23.9 Å². The highest BCUT2D eigenvalue weighted by Gasteiger charge is 2.41. The topological polar surface area (TPSA) is 38.0 Å². The van der Waals surface area contributed by atoms with Crippen LogP contribution in [0.5, 0.6) is 0 Å². The van der Waals surface area contributed by atoms with Gasteiger partial charge in [-0.15, -0.1) is 0 Å². The standard InChI is InChI=1S/C11H16N2S/c1-14-11(6-7-11)8-13-10-5-3-2-4-9(10)12/h2-5,13H,6-8,12H2,1H3. The van der Waals surface area contributed by atoms with Crippen LogP contribution in [0, 0.1) is 0 Å². The number of nitrogen functional groups attached to an aromatic ring is 1. The van der Waals surface area contributed by atoms with E-state index in [2.05, 4.69) is 11.6 Å². The lowest BCUT2D eigenvalue weighted by molar-refractivity contribution is 0.950. The third-order valence-corrected chi connectivity index (χ3v) is 4.22. The van der Waals surface area contributed by atoms with Crippen LogP contribution in [0.4, 0.5) is 11.4 Å². The Labute approximate surface area is 89.3 Å². The minimum Gasteiger partial charge on any atom is -0.397 e. The van der Waals surface area contributed by atoms with Gasteiger partial charge in [0.25, 0.3) is 0 Å². The number of nitrogens with one attached hydrogen (secondary N) is 1. The summed E-state index contributed by atoms with van der Waals surface area (Å²) in [4.78, 5) is 0. The lowest BCUT2D eigenvalue weighted by Crippen LogP contribution is -2.17. The molecule has 3 heteroatoms. The lowest BCUT2D eigenvalue weighted by Gasteiger charge is -2.15. The number of anilines is 2. The molecule has 2 nitrogen and oxygen atoms in total. The smallest absolute Gasteiger partial charge is 0.0574 e. The van der Waals surface area contributed by atoms with Gasteiger partial charge < -0.3 is 11.1 Å².